The van der Waals surface area contributed by atoms with Crippen LogP contribution in [0.1, 0.15) is 18.4 Å². The van der Waals surface area contributed by atoms with Crippen molar-refractivity contribution in [2.75, 3.05) is 11.9 Å². The number of carbonyl (C=O) groups is 3. The van der Waals surface area contributed by atoms with Crippen LogP contribution >= 0.6 is 11.6 Å². The van der Waals surface area contributed by atoms with Crippen molar-refractivity contribution in [1.82, 2.24) is 4.90 Å². The lowest BCUT2D eigenvalue weighted by Crippen LogP contribution is -2.37. The van der Waals surface area contributed by atoms with Gasteiger partial charge in [0.15, 0.2) is 0 Å². The van der Waals surface area contributed by atoms with Crippen LogP contribution in [-0.2, 0) is 20.6 Å². The second-order valence-electron chi connectivity index (χ2n) is 4.61. The van der Waals surface area contributed by atoms with Gasteiger partial charge in [0.25, 0.3) is 0 Å². The molecule has 9 heteroatoms. The maximum Gasteiger partial charge on any atom is 0.418 e. The van der Waals surface area contributed by atoms with Crippen LogP contribution in [0.15, 0.2) is 18.2 Å². The largest absolute Gasteiger partial charge is 0.418 e. The van der Waals surface area contributed by atoms with Gasteiger partial charge in [-0.15, -0.1) is 0 Å². The third-order valence-corrected chi connectivity index (χ3v) is 3.25. The van der Waals surface area contributed by atoms with E-state index in [-0.39, 0.29) is 17.9 Å². The normalized spacial score (nSPS) is 15.4. The average Bonchev–Trinajstić information content (AvgIpc) is 2.71. The Balaban J connectivity index is 2.15. The molecule has 0 radical (unpaired) electrons. The van der Waals surface area contributed by atoms with Gasteiger partial charge in [-0.05, 0) is 18.2 Å². The first-order valence-corrected chi connectivity index (χ1v) is 6.56. The molecule has 0 bridgehead atoms. The quantitative estimate of drug-likeness (QED) is 0.863. The molecule has 0 atom stereocenters. The van der Waals surface area contributed by atoms with Crippen LogP contribution in [-0.4, -0.2) is 29.2 Å². The van der Waals surface area contributed by atoms with Crippen LogP contribution in [0.4, 0.5) is 18.9 Å². The molecular formula is C13H10ClF3N2O3. The third-order valence-electron chi connectivity index (χ3n) is 3.02. The van der Waals surface area contributed by atoms with E-state index in [4.69, 9.17) is 11.6 Å². The molecule has 0 unspecified atom stereocenters. The Labute approximate surface area is 128 Å². The first-order valence-electron chi connectivity index (χ1n) is 6.18. The lowest BCUT2D eigenvalue weighted by Gasteiger charge is -2.16. The highest BCUT2D eigenvalue weighted by Crippen LogP contribution is 2.36. The van der Waals surface area contributed by atoms with E-state index in [1.807, 2.05) is 5.32 Å². The minimum Gasteiger partial charge on any atom is -0.324 e. The summed E-state index contributed by atoms with van der Waals surface area (Å²) < 4.78 is 38.6. The molecule has 1 N–H and O–H groups in total. The van der Waals surface area contributed by atoms with E-state index in [9.17, 15) is 27.6 Å². The average molecular weight is 335 g/mol. The number of likely N-dealkylation sites (tertiary alicyclic amines) is 1. The molecular weight excluding hydrogens is 325 g/mol. The molecule has 1 aromatic carbocycles. The maximum absolute atomic E-state index is 12.9. The number of amides is 3. The first-order chi connectivity index (χ1) is 10.2. The fourth-order valence-electron chi connectivity index (χ4n) is 1.99. The predicted octanol–water partition coefficient (Wildman–Crippen LogP) is 2.45. The van der Waals surface area contributed by atoms with E-state index >= 15 is 0 Å². The van der Waals surface area contributed by atoms with Gasteiger partial charge in [0.05, 0.1) is 11.3 Å². The van der Waals surface area contributed by atoms with Crippen LogP contribution < -0.4 is 5.32 Å². The number of anilines is 1. The summed E-state index contributed by atoms with van der Waals surface area (Å²) in [5, 5.41) is 1.92. The molecule has 0 saturated carbocycles. The third kappa shape index (κ3) is 3.56. The van der Waals surface area contributed by atoms with Gasteiger partial charge in [-0.1, -0.05) is 11.6 Å². The molecule has 118 valence electrons. The molecule has 1 aliphatic heterocycles. The van der Waals surface area contributed by atoms with E-state index in [0.29, 0.717) is 6.07 Å². The zero-order chi connectivity index (χ0) is 16.5. The van der Waals surface area contributed by atoms with Crippen LogP contribution in [0.2, 0.25) is 5.02 Å². The molecule has 0 aliphatic carbocycles. The Kier molecular flexibility index (Phi) is 4.41. The Morgan fingerprint density at radius 3 is 2.36 bits per heavy atom. The molecule has 0 aromatic heterocycles. The minimum atomic E-state index is -4.70. The van der Waals surface area contributed by atoms with E-state index in [1.54, 1.807) is 0 Å². The topological polar surface area (TPSA) is 66.5 Å². The summed E-state index contributed by atoms with van der Waals surface area (Å²) in [6.07, 6.45) is -4.70. The molecule has 1 fully saturated rings. The zero-order valence-electron chi connectivity index (χ0n) is 11.0. The maximum atomic E-state index is 12.9. The number of carbonyl (C=O) groups excluding carboxylic acids is 3. The van der Waals surface area contributed by atoms with Crippen molar-refractivity contribution < 1.29 is 27.6 Å². The van der Waals surface area contributed by atoms with Crippen molar-refractivity contribution in [2.45, 2.75) is 19.0 Å². The summed E-state index contributed by atoms with van der Waals surface area (Å²) in [5.74, 6) is -1.93. The standard InChI is InChI=1S/C13H10ClF3N2O3/c14-7-1-2-9(8(5-7)13(15,16)17)18-10(20)6-19-11(21)3-4-12(19)22/h1-2,5H,3-4,6H2,(H,18,20). The molecule has 2 rings (SSSR count). The fraction of sp³-hybridized carbons (Fsp3) is 0.308. The summed E-state index contributed by atoms with van der Waals surface area (Å²) in [4.78, 5) is 35.2. The summed E-state index contributed by atoms with van der Waals surface area (Å²) in [5.41, 5.74) is -1.59. The van der Waals surface area contributed by atoms with Crippen molar-refractivity contribution in [3.05, 3.63) is 28.8 Å². The SMILES string of the molecule is O=C(CN1C(=O)CCC1=O)Nc1ccc(Cl)cc1C(F)(F)F. The Morgan fingerprint density at radius 2 is 1.82 bits per heavy atom. The highest BCUT2D eigenvalue weighted by molar-refractivity contribution is 6.30. The van der Waals surface area contributed by atoms with Crippen molar-refractivity contribution >= 4 is 35.0 Å². The van der Waals surface area contributed by atoms with Crippen molar-refractivity contribution in [2.24, 2.45) is 0 Å². The van der Waals surface area contributed by atoms with Crippen LogP contribution in [0.25, 0.3) is 0 Å². The highest BCUT2D eigenvalue weighted by Gasteiger charge is 2.35. The molecule has 3 amide bonds. The second kappa shape index (κ2) is 5.96. The van der Waals surface area contributed by atoms with Gasteiger partial charge in [0.1, 0.15) is 6.54 Å². The number of hydrogen-bond acceptors (Lipinski definition) is 3. The van der Waals surface area contributed by atoms with Crippen LogP contribution in [0, 0.1) is 0 Å². The van der Waals surface area contributed by atoms with Gasteiger partial charge in [-0.25, -0.2) is 0 Å². The van der Waals surface area contributed by atoms with Gasteiger partial charge >= 0.3 is 6.18 Å². The second-order valence-corrected chi connectivity index (χ2v) is 5.05. The van der Waals surface area contributed by atoms with Crippen molar-refractivity contribution in [3.63, 3.8) is 0 Å². The summed E-state index contributed by atoms with van der Waals surface area (Å²) in [6.45, 7) is -0.614. The van der Waals surface area contributed by atoms with Gasteiger partial charge < -0.3 is 5.32 Å². The molecule has 1 heterocycles. The van der Waals surface area contributed by atoms with Crippen molar-refractivity contribution in [1.29, 1.82) is 0 Å². The Hall–Kier alpha value is -2.09. The predicted molar refractivity (Wildman–Crippen MR) is 71.0 cm³/mol. The number of hydrogen-bond donors (Lipinski definition) is 1. The van der Waals surface area contributed by atoms with Gasteiger partial charge in [-0.3, -0.25) is 19.3 Å². The molecule has 0 spiro atoms. The van der Waals surface area contributed by atoms with E-state index in [0.717, 1.165) is 11.0 Å². The van der Waals surface area contributed by atoms with Crippen LogP contribution in [0.3, 0.4) is 0 Å². The number of nitrogens with one attached hydrogen (secondary N) is 1. The number of benzene rings is 1. The number of imide groups is 1. The number of rotatable bonds is 3. The smallest absolute Gasteiger partial charge is 0.324 e. The zero-order valence-corrected chi connectivity index (χ0v) is 11.8. The number of alkyl halides is 3. The number of nitrogens with zero attached hydrogens (tertiary/aromatic N) is 1. The lowest BCUT2D eigenvalue weighted by atomic mass is 10.1. The van der Waals surface area contributed by atoms with Gasteiger partial charge in [0, 0.05) is 17.9 Å². The minimum absolute atomic E-state index is 0.000853. The van der Waals surface area contributed by atoms with E-state index < -0.39 is 41.7 Å². The lowest BCUT2D eigenvalue weighted by molar-refractivity contribution is -0.141. The summed E-state index contributed by atoms with van der Waals surface area (Å²) in [6, 6.07) is 2.89. The van der Waals surface area contributed by atoms with Crippen LogP contribution in [0.5, 0.6) is 0 Å². The van der Waals surface area contributed by atoms with Gasteiger partial charge in [-0.2, -0.15) is 13.2 Å². The Morgan fingerprint density at radius 1 is 1.23 bits per heavy atom. The molecule has 5 nitrogen and oxygen atoms in total. The summed E-state index contributed by atoms with van der Waals surface area (Å²) in [7, 11) is 0. The number of halogens is 4. The van der Waals surface area contributed by atoms with Gasteiger partial charge in [0.2, 0.25) is 17.7 Å². The van der Waals surface area contributed by atoms with E-state index in [2.05, 4.69) is 0 Å². The molecule has 1 aromatic rings. The monoisotopic (exact) mass is 334 g/mol. The first kappa shape index (κ1) is 16.3. The highest BCUT2D eigenvalue weighted by atomic mass is 35.5. The molecule has 1 saturated heterocycles. The Bertz CT molecular complexity index is 630. The fourth-order valence-corrected chi connectivity index (χ4v) is 2.16. The van der Waals surface area contributed by atoms with E-state index in [1.165, 1.54) is 6.07 Å². The molecule has 22 heavy (non-hydrogen) atoms. The summed E-state index contributed by atoms with van der Waals surface area (Å²) >= 11 is 5.52. The van der Waals surface area contributed by atoms with Crippen molar-refractivity contribution in [3.8, 4) is 0 Å². The molecule has 1 aliphatic rings.